The van der Waals surface area contributed by atoms with Gasteiger partial charge in [0.25, 0.3) is 0 Å². The van der Waals surface area contributed by atoms with Crippen molar-refractivity contribution >= 4 is 45.8 Å². The van der Waals surface area contributed by atoms with Crippen LogP contribution in [0.3, 0.4) is 0 Å². The van der Waals surface area contributed by atoms with Crippen LogP contribution < -0.4 is 11.1 Å². The number of nitrogens with zero attached hydrogens (tertiary/aromatic N) is 1. The number of likely N-dealkylation sites (N-methyl/N-ethyl adjacent to an activating group) is 1. The lowest BCUT2D eigenvalue weighted by atomic mass is 9.90. The predicted molar refractivity (Wildman–Crippen MR) is 99.4 cm³/mol. The molecule has 2 rings (SSSR count). The molecule has 1 fully saturated rings. The zero-order valence-corrected chi connectivity index (χ0v) is 16.2. The van der Waals surface area contributed by atoms with Crippen LogP contribution in [0.5, 0.6) is 0 Å². The third kappa shape index (κ3) is 5.17. The van der Waals surface area contributed by atoms with Gasteiger partial charge in [-0.3, -0.25) is 9.59 Å². The average Bonchev–Trinajstić information content (AvgIpc) is 2.50. The lowest BCUT2D eigenvalue weighted by Crippen LogP contribution is -2.58. The number of halogens is 2. The third-order valence-electron chi connectivity index (χ3n) is 4.00. The van der Waals surface area contributed by atoms with E-state index < -0.39 is 5.54 Å². The number of anilines is 1. The molecule has 1 saturated heterocycles. The first kappa shape index (κ1) is 20.9. The second kappa shape index (κ2) is 8.80. The summed E-state index contributed by atoms with van der Waals surface area (Å²) in [6.07, 6.45) is 0.952. The van der Waals surface area contributed by atoms with E-state index in [-0.39, 0.29) is 30.8 Å². The molecule has 6 nitrogen and oxygen atoms in total. The molecule has 1 aromatic rings. The van der Waals surface area contributed by atoms with E-state index >= 15 is 0 Å². The molecule has 0 radical (unpaired) electrons. The Kier molecular flexibility index (Phi) is 7.66. The largest absolute Gasteiger partial charge is 0.381 e. The van der Waals surface area contributed by atoms with Gasteiger partial charge in [0.2, 0.25) is 11.8 Å². The second-order valence-corrected chi connectivity index (χ2v) is 6.85. The van der Waals surface area contributed by atoms with E-state index in [4.69, 9.17) is 10.5 Å². The molecule has 0 aliphatic carbocycles. The number of rotatable bonds is 4. The number of carbonyl (C=O) groups is 2. The fourth-order valence-corrected chi connectivity index (χ4v) is 3.05. The lowest BCUT2D eigenvalue weighted by Gasteiger charge is -2.35. The molecular formula is C16H23BrClN3O3. The number of nitrogens with one attached hydrogen (secondary N) is 1. The van der Waals surface area contributed by atoms with Crippen LogP contribution in [-0.2, 0) is 14.3 Å². The fourth-order valence-electron chi connectivity index (χ4n) is 2.57. The third-order valence-corrected chi connectivity index (χ3v) is 4.49. The average molecular weight is 421 g/mol. The van der Waals surface area contributed by atoms with E-state index in [0.29, 0.717) is 26.1 Å². The summed E-state index contributed by atoms with van der Waals surface area (Å²) in [4.78, 5) is 26.0. The highest BCUT2D eigenvalue weighted by atomic mass is 79.9. The van der Waals surface area contributed by atoms with Crippen LogP contribution in [0.15, 0.2) is 22.7 Å². The smallest absolute Gasteiger partial charge is 0.243 e. The summed E-state index contributed by atoms with van der Waals surface area (Å²) < 4.78 is 6.19. The van der Waals surface area contributed by atoms with Gasteiger partial charge in [0.15, 0.2) is 0 Å². The summed E-state index contributed by atoms with van der Waals surface area (Å²) in [7, 11) is 1.60. The maximum absolute atomic E-state index is 12.5. The zero-order chi connectivity index (χ0) is 17.0. The number of hydrogen-bond donors (Lipinski definition) is 2. The molecule has 134 valence electrons. The highest BCUT2D eigenvalue weighted by Gasteiger charge is 2.38. The minimum atomic E-state index is -0.930. The van der Waals surface area contributed by atoms with E-state index in [0.717, 1.165) is 15.7 Å². The Balaban J connectivity index is 0.00000288. The topological polar surface area (TPSA) is 84.7 Å². The van der Waals surface area contributed by atoms with Crippen LogP contribution in [-0.4, -0.2) is 49.1 Å². The minimum Gasteiger partial charge on any atom is -0.381 e. The van der Waals surface area contributed by atoms with Gasteiger partial charge in [-0.25, -0.2) is 0 Å². The molecular weight excluding hydrogens is 398 g/mol. The van der Waals surface area contributed by atoms with E-state index in [2.05, 4.69) is 21.2 Å². The molecule has 0 bridgehead atoms. The molecule has 0 saturated carbocycles. The summed E-state index contributed by atoms with van der Waals surface area (Å²) in [5, 5.41) is 2.82. The number of hydrogen-bond acceptors (Lipinski definition) is 4. The highest BCUT2D eigenvalue weighted by molar-refractivity contribution is 9.10. The van der Waals surface area contributed by atoms with Gasteiger partial charge in [0, 0.05) is 30.4 Å². The summed E-state index contributed by atoms with van der Waals surface area (Å²) in [6.45, 7) is 2.82. The van der Waals surface area contributed by atoms with E-state index in [1.165, 1.54) is 4.90 Å². The van der Waals surface area contributed by atoms with Crippen molar-refractivity contribution in [2.24, 2.45) is 5.73 Å². The van der Waals surface area contributed by atoms with Crippen molar-refractivity contribution in [3.05, 3.63) is 28.2 Å². The van der Waals surface area contributed by atoms with Crippen LogP contribution in [0.25, 0.3) is 0 Å². The molecule has 1 aliphatic heterocycles. The van der Waals surface area contributed by atoms with Crippen molar-refractivity contribution < 1.29 is 14.3 Å². The molecule has 1 aliphatic rings. The first-order valence-electron chi connectivity index (χ1n) is 7.50. The summed E-state index contributed by atoms with van der Waals surface area (Å²) >= 11 is 3.38. The summed E-state index contributed by atoms with van der Waals surface area (Å²) in [6, 6.07) is 5.60. The van der Waals surface area contributed by atoms with Crippen LogP contribution in [0, 0.1) is 6.92 Å². The quantitative estimate of drug-likeness (QED) is 0.781. The molecule has 1 aromatic carbocycles. The SMILES string of the molecule is Cc1cc(Br)ccc1NC(=O)CN(C)C(=O)C1(N)CCOCC1.Cl. The van der Waals surface area contributed by atoms with Crippen molar-refractivity contribution in [3.8, 4) is 0 Å². The van der Waals surface area contributed by atoms with Crippen LogP contribution in [0.4, 0.5) is 5.69 Å². The standard InChI is InChI=1S/C16H22BrN3O3.ClH/c1-11-9-12(17)3-4-13(11)19-14(21)10-20(2)15(22)16(18)5-7-23-8-6-16;/h3-4,9H,5-8,10,18H2,1-2H3,(H,19,21);1H. The number of benzene rings is 1. The normalized spacial score (nSPS) is 16.0. The summed E-state index contributed by atoms with van der Waals surface area (Å²) in [5.74, 6) is -0.467. The van der Waals surface area contributed by atoms with Gasteiger partial charge in [0.05, 0.1) is 12.1 Å². The molecule has 1 heterocycles. The van der Waals surface area contributed by atoms with Gasteiger partial charge in [-0.1, -0.05) is 15.9 Å². The first-order valence-corrected chi connectivity index (χ1v) is 8.29. The van der Waals surface area contributed by atoms with Crippen LogP contribution >= 0.6 is 28.3 Å². The van der Waals surface area contributed by atoms with Gasteiger partial charge >= 0.3 is 0 Å². The van der Waals surface area contributed by atoms with Crippen molar-refractivity contribution in [2.45, 2.75) is 25.3 Å². The van der Waals surface area contributed by atoms with Crippen molar-refractivity contribution in [2.75, 3.05) is 32.1 Å². The van der Waals surface area contributed by atoms with Crippen molar-refractivity contribution in [1.29, 1.82) is 0 Å². The van der Waals surface area contributed by atoms with Gasteiger partial charge in [-0.2, -0.15) is 0 Å². The minimum absolute atomic E-state index is 0. The molecule has 0 aromatic heterocycles. The number of carbonyl (C=O) groups excluding carboxylic acids is 2. The van der Waals surface area contributed by atoms with Crippen molar-refractivity contribution in [1.82, 2.24) is 4.90 Å². The zero-order valence-electron chi connectivity index (χ0n) is 13.8. The Bertz CT molecular complexity index is 606. The molecule has 0 unspecified atom stereocenters. The number of aryl methyl sites for hydroxylation is 1. The molecule has 8 heteroatoms. The van der Waals surface area contributed by atoms with E-state index in [1.807, 2.05) is 25.1 Å². The lowest BCUT2D eigenvalue weighted by molar-refractivity contribution is -0.141. The fraction of sp³-hybridized carbons (Fsp3) is 0.500. The molecule has 3 N–H and O–H groups in total. The number of amides is 2. The second-order valence-electron chi connectivity index (χ2n) is 5.94. The number of ether oxygens (including phenoxy) is 1. The molecule has 0 atom stereocenters. The van der Waals surface area contributed by atoms with Crippen molar-refractivity contribution in [3.63, 3.8) is 0 Å². The number of nitrogens with two attached hydrogens (primary N) is 1. The van der Waals surface area contributed by atoms with Gasteiger partial charge in [-0.15, -0.1) is 12.4 Å². The Morgan fingerprint density at radius 2 is 2.00 bits per heavy atom. The predicted octanol–water partition coefficient (Wildman–Crippen LogP) is 2.08. The molecule has 0 spiro atoms. The maximum atomic E-state index is 12.5. The van der Waals surface area contributed by atoms with E-state index in [1.54, 1.807) is 7.05 Å². The summed E-state index contributed by atoms with van der Waals surface area (Å²) in [5.41, 5.74) is 6.91. The Labute approximate surface area is 156 Å². The molecule has 24 heavy (non-hydrogen) atoms. The first-order chi connectivity index (χ1) is 10.8. The van der Waals surface area contributed by atoms with Gasteiger partial charge in [0.1, 0.15) is 0 Å². The highest BCUT2D eigenvalue weighted by Crippen LogP contribution is 2.21. The maximum Gasteiger partial charge on any atom is 0.243 e. The van der Waals surface area contributed by atoms with Crippen LogP contribution in [0.1, 0.15) is 18.4 Å². The van der Waals surface area contributed by atoms with Gasteiger partial charge in [-0.05, 0) is 43.5 Å². The Hall–Kier alpha value is -1.15. The Morgan fingerprint density at radius 3 is 2.58 bits per heavy atom. The monoisotopic (exact) mass is 419 g/mol. The Morgan fingerprint density at radius 1 is 1.38 bits per heavy atom. The van der Waals surface area contributed by atoms with Gasteiger partial charge < -0.3 is 20.7 Å². The van der Waals surface area contributed by atoms with Crippen LogP contribution in [0.2, 0.25) is 0 Å². The molecule has 2 amide bonds. The van der Waals surface area contributed by atoms with E-state index in [9.17, 15) is 9.59 Å².